The minimum absolute atomic E-state index is 0.274. The van der Waals surface area contributed by atoms with Gasteiger partial charge in [0.05, 0.1) is 6.33 Å². The fourth-order valence-electron chi connectivity index (χ4n) is 4.71. The van der Waals surface area contributed by atoms with Gasteiger partial charge in [-0.3, -0.25) is 0 Å². The lowest BCUT2D eigenvalue weighted by atomic mass is 9.65. The smallest absolute Gasteiger partial charge is 0.226 e. The Balaban J connectivity index is 1.81. The fourth-order valence-corrected chi connectivity index (χ4v) is 4.87. The van der Waals surface area contributed by atoms with E-state index in [4.69, 9.17) is 11.6 Å². The molecule has 1 N–H and O–H groups in total. The molecule has 2 bridgehead atoms. The lowest BCUT2D eigenvalue weighted by Gasteiger charge is -2.39. The van der Waals surface area contributed by atoms with Crippen molar-refractivity contribution >= 4 is 28.6 Å². The van der Waals surface area contributed by atoms with Crippen LogP contribution in [0.1, 0.15) is 40.0 Å². The zero-order chi connectivity index (χ0) is 14.8. The zero-order valence-corrected chi connectivity index (χ0v) is 13.4. The normalized spacial score (nSPS) is 31.0. The molecule has 4 rings (SSSR count). The zero-order valence-electron chi connectivity index (χ0n) is 12.6. The van der Waals surface area contributed by atoms with E-state index in [1.54, 1.807) is 6.33 Å². The monoisotopic (exact) mass is 305 g/mol. The topological polar surface area (TPSA) is 57.7 Å². The maximum atomic E-state index is 6.09. The number of aromatic amines is 1. The molecule has 0 radical (unpaired) electrons. The molecule has 112 valence electrons. The molecule has 1 aliphatic carbocycles. The van der Waals surface area contributed by atoms with Gasteiger partial charge in [-0.15, -0.1) is 0 Å². The first-order valence-electron chi connectivity index (χ1n) is 7.49. The number of anilines is 1. The van der Waals surface area contributed by atoms with Crippen LogP contribution in [0, 0.1) is 10.8 Å². The van der Waals surface area contributed by atoms with Gasteiger partial charge in [-0.05, 0) is 41.7 Å². The highest BCUT2D eigenvalue weighted by molar-refractivity contribution is 6.28. The van der Waals surface area contributed by atoms with Crippen molar-refractivity contribution in [2.24, 2.45) is 10.8 Å². The predicted molar refractivity (Wildman–Crippen MR) is 83.6 cm³/mol. The molecule has 21 heavy (non-hydrogen) atoms. The van der Waals surface area contributed by atoms with Crippen molar-refractivity contribution in [3.8, 4) is 0 Å². The molecule has 1 aliphatic heterocycles. The average Bonchev–Trinajstić information content (AvgIpc) is 2.89. The molecular formula is C15H20ClN5. The first-order chi connectivity index (χ1) is 9.85. The second kappa shape index (κ2) is 4.09. The Morgan fingerprint density at radius 1 is 1.29 bits per heavy atom. The van der Waals surface area contributed by atoms with Crippen molar-refractivity contribution < 1.29 is 0 Å². The van der Waals surface area contributed by atoms with Gasteiger partial charge in [-0.25, -0.2) is 4.98 Å². The number of aromatic nitrogens is 4. The summed E-state index contributed by atoms with van der Waals surface area (Å²) in [5.41, 5.74) is 2.29. The number of fused-ring (bicyclic) bond motifs is 3. The van der Waals surface area contributed by atoms with Crippen LogP contribution in [0.15, 0.2) is 6.33 Å². The maximum absolute atomic E-state index is 6.09. The quantitative estimate of drug-likeness (QED) is 0.820. The van der Waals surface area contributed by atoms with Crippen LogP contribution in [-0.4, -0.2) is 32.5 Å². The van der Waals surface area contributed by atoms with Gasteiger partial charge < -0.3 is 9.88 Å². The Hall–Kier alpha value is -1.36. The van der Waals surface area contributed by atoms with Crippen molar-refractivity contribution in [2.45, 2.75) is 46.1 Å². The molecule has 6 heteroatoms. The lowest BCUT2D eigenvalue weighted by Crippen LogP contribution is -2.35. The fraction of sp³-hybridized carbons (Fsp3) is 0.667. The first kappa shape index (κ1) is 13.3. The van der Waals surface area contributed by atoms with Crippen molar-refractivity contribution in [1.82, 2.24) is 19.9 Å². The Bertz CT molecular complexity index is 709. The third-order valence-corrected chi connectivity index (χ3v) is 5.10. The van der Waals surface area contributed by atoms with Gasteiger partial charge in [0.15, 0.2) is 11.5 Å². The molecule has 1 saturated carbocycles. The number of imidazole rings is 1. The van der Waals surface area contributed by atoms with Crippen LogP contribution in [-0.2, 0) is 0 Å². The number of hydrogen-bond acceptors (Lipinski definition) is 4. The van der Waals surface area contributed by atoms with Gasteiger partial charge >= 0.3 is 0 Å². The molecule has 1 saturated heterocycles. The molecule has 0 spiro atoms. The summed E-state index contributed by atoms with van der Waals surface area (Å²) in [6, 6.07) is 0.524. The van der Waals surface area contributed by atoms with Crippen LogP contribution < -0.4 is 4.90 Å². The number of H-pyrrole nitrogens is 1. The van der Waals surface area contributed by atoms with Gasteiger partial charge in [0.2, 0.25) is 5.28 Å². The minimum Gasteiger partial charge on any atom is -0.351 e. The maximum Gasteiger partial charge on any atom is 0.226 e. The van der Waals surface area contributed by atoms with E-state index in [0.29, 0.717) is 22.5 Å². The molecule has 2 aromatic rings. The highest BCUT2D eigenvalue weighted by Crippen LogP contribution is 2.53. The van der Waals surface area contributed by atoms with Crippen LogP contribution in [0.2, 0.25) is 5.28 Å². The summed E-state index contributed by atoms with van der Waals surface area (Å²) >= 11 is 6.09. The SMILES string of the molecule is CC1(C)C[C@@H]2C[C@](C)(CN2c2nc(Cl)nc3nc[nH]c23)C1. The first-order valence-corrected chi connectivity index (χ1v) is 7.86. The Morgan fingerprint density at radius 2 is 2.10 bits per heavy atom. The van der Waals surface area contributed by atoms with E-state index >= 15 is 0 Å². The summed E-state index contributed by atoms with van der Waals surface area (Å²) in [4.78, 5) is 18.5. The molecule has 2 atom stereocenters. The second-order valence-electron chi connectivity index (χ2n) is 7.76. The molecule has 2 aromatic heterocycles. The van der Waals surface area contributed by atoms with Crippen molar-refractivity contribution in [1.29, 1.82) is 0 Å². The van der Waals surface area contributed by atoms with E-state index in [1.165, 1.54) is 19.3 Å². The van der Waals surface area contributed by atoms with Crippen molar-refractivity contribution in [2.75, 3.05) is 11.4 Å². The Labute approximate surface area is 129 Å². The van der Waals surface area contributed by atoms with Gasteiger partial charge in [0.1, 0.15) is 5.52 Å². The molecule has 5 nitrogen and oxygen atoms in total. The summed E-state index contributed by atoms with van der Waals surface area (Å²) in [6.07, 6.45) is 5.35. The standard InChI is InChI=1S/C15H20ClN5/c1-14(2)4-9-5-15(3,6-14)7-21(9)12-10-11(18-8-17-10)19-13(16)20-12/h8-9H,4-7H2,1-3H3,(H,17,18,19,20)/t9-,15+/m1/s1. The van der Waals surface area contributed by atoms with E-state index in [2.05, 4.69) is 45.6 Å². The molecule has 2 aliphatic rings. The van der Waals surface area contributed by atoms with Crippen LogP contribution in [0.4, 0.5) is 5.82 Å². The molecule has 0 unspecified atom stereocenters. The van der Waals surface area contributed by atoms with Crippen molar-refractivity contribution in [3.05, 3.63) is 11.6 Å². The molecule has 3 heterocycles. The van der Waals surface area contributed by atoms with Crippen LogP contribution in [0.25, 0.3) is 11.2 Å². The second-order valence-corrected chi connectivity index (χ2v) is 8.10. The molecule has 0 aromatic carbocycles. The summed E-state index contributed by atoms with van der Waals surface area (Å²) in [5, 5.41) is 0.274. The molecule has 0 amide bonds. The van der Waals surface area contributed by atoms with E-state index in [-0.39, 0.29) is 5.28 Å². The third-order valence-electron chi connectivity index (χ3n) is 4.93. The number of rotatable bonds is 1. The van der Waals surface area contributed by atoms with Crippen molar-refractivity contribution in [3.63, 3.8) is 0 Å². The van der Waals surface area contributed by atoms with E-state index in [0.717, 1.165) is 17.9 Å². The van der Waals surface area contributed by atoms with E-state index in [9.17, 15) is 0 Å². The highest BCUT2D eigenvalue weighted by Gasteiger charge is 2.50. The minimum atomic E-state index is 0.274. The summed E-state index contributed by atoms with van der Waals surface area (Å²) in [5.74, 6) is 0.911. The predicted octanol–water partition coefficient (Wildman–Crippen LogP) is 3.41. The van der Waals surface area contributed by atoms with Gasteiger partial charge in [0.25, 0.3) is 0 Å². The van der Waals surface area contributed by atoms with E-state index < -0.39 is 0 Å². The van der Waals surface area contributed by atoms with Crippen LogP contribution in [0.5, 0.6) is 0 Å². The number of halogens is 1. The lowest BCUT2D eigenvalue weighted by molar-refractivity contribution is 0.136. The summed E-state index contributed by atoms with van der Waals surface area (Å²) in [7, 11) is 0. The van der Waals surface area contributed by atoms with Crippen LogP contribution >= 0.6 is 11.6 Å². The van der Waals surface area contributed by atoms with Gasteiger partial charge in [-0.2, -0.15) is 9.97 Å². The van der Waals surface area contributed by atoms with Gasteiger partial charge in [-0.1, -0.05) is 20.8 Å². The van der Waals surface area contributed by atoms with E-state index in [1.807, 2.05) is 0 Å². The number of nitrogens with zero attached hydrogens (tertiary/aromatic N) is 4. The Morgan fingerprint density at radius 3 is 2.90 bits per heavy atom. The van der Waals surface area contributed by atoms with Gasteiger partial charge in [0, 0.05) is 12.6 Å². The number of nitrogens with one attached hydrogen (secondary N) is 1. The van der Waals surface area contributed by atoms with Crippen LogP contribution in [0.3, 0.4) is 0 Å². The largest absolute Gasteiger partial charge is 0.351 e. The third kappa shape index (κ3) is 2.09. The summed E-state index contributed by atoms with van der Waals surface area (Å²) in [6.45, 7) is 8.18. The summed E-state index contributed by atoms with van der Waals surface area (Å²) < 4.78 is 0. The average molecular weight is 306 g/mol. The number of hydrogen-bond donors (Lipinski definition) is 1. The molecule has 2 fully saturated rings. The highest BCUT2D eigenvalue weighted by atomic mass is 35.5. The molecular weight excluding hydrogens is 286 g/mol. The Kier molecular flexibility index (Phi) is 2.60.